The minimum Gasteiger partial charge on any atom is -0.347 e. The Hall–Kier alpha value is -2.85. The number of carbonyl (C=O) groups is 6. The van der Waals surface area contributed by atoms with Gasteiger partial charge in [0.25, 0.3) is 11.8 Å². The van der Waals surface area contributed by atoms with Crippen LogP contribution in [0.15, 0.2) is 18.6 Å². The normalized spacial score (nSPS) is 21.6. The number of fused-ring (bicyclic) bond motifs is 1. The first-order chi connectivity index (χ1) is 23.4. The molecule has 0 bridgehead atoms. The molecule has 0 spiro atoms. The molecule has 1 aromatic heterocycles. The molecule has 5 amide bonds. The molecule has 316 valence electrons. The fourth-order valence-electron chi connectivity index (χ4n) is 7.87. The Morgan fingerprint density at radius 3 is 2.05 bits per heavy atom. The predicted octanol–water partition coefficient (Wildman–Crippen LogP) is 4.69. The van der Waals surface area contributed by atoms with E-state index in [0.29, 0.717) is 19.4 Å². The molecule has 1 aliphatic heterocycles. The van der Waals surface area contributed by atoms with Crippen LogP contribution in [-0.4, -0.2) is 86.9 Å². The number of rotatable bonds is 13. The number of aromatic nitrogens is 2. The van der Waals surface area contributed by atoms with Crippen molar-refractivity contribution in [2.45, 2.75) is 157 Å². The maximum Gasteiger partial charge on any atom is 0.289 e. The van der Waals surface area contributed by atoms with Crippen LogP contribution in [0.25, 0.3) is 0 Å². The van der Waals surface area contributed by atoms with E-state index in [0.717, 1.165) is 64.2 Å². The fourth-order valence-corrected chi connectivity index (χ4v) is 7.87. The summed E-state index contributed by atoms with van der Waals surface area (Å²) in [5.74, 6) is -3.20. The molecular formula is C39H71N7O6S3. The van der Waals surface area contributed by atoms with Gasteiger partial charge in [-0.2, -0.15) is 40.5 Å². The summed E-state index contributed by atoms with van der Waals surface area (Å²) in [7, 11) is 0. The molecule has 5 rings (SSSR count). The van der Waals surface area contributed by atoms with Crippen molar-refractivity contribution in [1.82, 2.24) is 36.1 Å². The summed E-state index contributed by atoms with van der Waals surface area (Å²) >= 11 is 0. The second-order valence-corrected chi connectivity index (χ2v) is 15.5. The van der Waals surface area contributed by atoms with E-state index >= 15 is 0 Å². The van der Waals surface area contributed by atoms with Gasteiger partial charge in [0.05, 0.1) is 12.2 Å². The summed E-state index contributed by atoms with van der Waals surface area (Å²) in [6.45, 7) is 7.85. The third kappa shape index (κ3) is 13.6. The van der Waals surface area contributed by atoms with Gasteiger partial charge in [0.15, 0.2) is 0 Å². The molecule has 6 atom stereocenters. The van der Waals surface area contributed by atoms with Crippen LogP contribution in [0.2, 0.25) is 0 Å². The van der Waals surface area contributed by atoms with E-state index in [1.165, 1.54) is 18.6 Å². The number of amides is 5. The molecule has 0 aromatic carbocycles. The molecule has 1 aromatic rings. The summed E-state index contributed by atoms with van der Waals surface area (Å²) in [5.41, 5.74) is -0.638. The molecule has 3 saturated carbocycles. The molecule has 1 saturated heterocycles. The fraction of sp³-hybridized carbons (Fsp3) is 0.744. The molecule has 13 nitrogen and oxygen atoms in total. The van der Waals surface area contributed by atoms with E-state index in [1.54, 1.807) is 4.90 Å². The second kappa shape index (κ2) is 24.0. The molecule has 0 unspecified atom stereocenters. The van der Waals surface area contributed by atoms with Crippen molar-refractivity contribution in [3.63, 3.8) is 0 Å². The van der Waals surface area contributed by atoms with Gasteiger partial charge in [-0.3, -0.25) is 33.8 Å². The zero-order valence-electron chi connectivity index (χ0n) is 30.8. The van der Waals surface area contributed by atoms with Crippen LogP contribution in [0.1, 0.15) is 138 Å². The van der Waals surface area contributed by atoms with Crippen LogP contribution in [0.5, 0.6) is 0 Å². The Morgan fingerprint density at radius 2 is 1.49 bits per heavy atom. The first-order valence-corrected chi connectivity index (χ1v) is 18.2. The largest absolute Gasteiger partial charge is 0.347 e. The van der Waals surface area contributed by atoms with Crippen molar-refractivity contribution in [2.24, 2.45) is 23.2 Å². The highest BCUT2D eigenvalue weighted by atomic mass is 32.1. The molecule has 3 aliphatic carbocycles. The van der Waals surface area contributed by atoms with Crippen LogP contribution in [0.4, 0.5) is 0 Å². The monoisotopic (exact) mass is 829 g/mol. The maximum absolute atomic E-state index is 14.6. The minimum atomic E-state index is -0.994. The minimum absolute atomic E-state index is 0. The lowest BCUT2D eigenvalue weighted by Crippen LogP contribution is -2.62. The van der Waals surface area contributed by atoms with Crippen molar-refractivity contribution < 1.29 is 28.8 Å². The van der Waals surface area contributed by atoms with Crippen LogP contribution >= 0.6 is 40.5 Å². The molecule has 4 N–H and O–H groups in total. The molecule has 2 heterocycles. The van der Waals surface area contributed by atoms with Gasteiger partial charge in [-0.05, 0) is 68.1 Å². The Labute approximate surface area is 350 Å². The van der Waals surface area contributed by atoms with Crippen molar-refractivity contribution in [3.8, 4) is 0 Å². The smallest absolute Gasteiger partial charge is 0.289 e. The average molecular weight is 830 g/mol. The summed E-state index contributed by atoms with van der Waals surface area (Å²) in [6, 6.07) is -3.68. The second-order valence-electron chi connectivity index (χ2n) is 15.5. The first kappa shape index (κ1) is 54.3. The number of likely N-dealkylation sites (tertiary alicyclic amines) is 1. The summed E-state index contributed by atoms with van der Waals surface area (Å²) < 4.78 is 0. The standard InChI is InChI=1S/C36H53N7O6.3CH4.3H2S/c1-5-10-25(29(44)34(48)39-23-15-16-23)40-33(47)28-24-14-9-13-22(24)20-43(28)35(49)30(36(2,3)4)42-32(46)27(21-11-7-6-8-12-21)41-31(45)26-19-37-17-18-38-26;;;;;;/h17-19,21-25,27-28,30H,5-16,20H2,1-4H3,(H,39,48)(H,40,47)(H,41,45)(H,42,46);3*1H4;3*1H2/t22-,24-,25-,27-,28+,30-;;;;;;/m0....../s1. The molecule has 16 heteroatoms. The van der Waals surface area contributed by atoms with Gasteiger partial charge in [-0.1, -0.05) is 82.1 Å². The van der Waals surface area contributed by atoms with Gasteiger partial charge >= 0.3 is 0 Å². The van der Waals surface area contributed by atoms with Gasteiger partial charge in [0.1, 0.15) is 23.8 Å². The topological polar surface area (TPSA) is 180 Å². The molecule has 4 fully saturated rings. The zero-order chi connectivity index (χ0) is 35.3. The zero-order valence-corrected chi connectivity index (χ0v) is 33.8. The number of hydrogen-bond donors (Lipinski definition) is 4. The highest BCUT2D eigenvalue weighted by molar-refractivity contribution is 7.59. The van der Waals surface area contributed by atoms with E-state index < -0.39 is 59.0 Å². The van der Waals surface area contributed by atoms with Gasteiger partial charge in [-0.15, -0.1) is 0 Å². The molecule has 0 radical (unpaired) electrons. The predicted molar refractivity (Wildman–Crippen MR) is 232 cm³/mol. The molecule has 55 heavy (non-hydrogen) atoms. The Balaban J connectivity index is 0. The van der Waals surface area contributed by atoms with Crippen molar-refractivity contribution in [1.29, 1.82) is 0 Å². The lowest BCUT2D eigenvalue weighted by atomic mass is 9.82. The number of hydrogen-bond acceptors (Lipinski definition) is 8. The highest BCUT2D eigenvalue weighted by Gasteiger charge is 2.52. The number of nitrogens with one attached hydrogen (secondary N) is 4. The van der Waals surface area contributed by atoms with E-state index in [-0.39, 0.29) is 98.2 Å². The van der Waals surface area contributed by atoms with E-state index in [9.17, 15) is 28.8 Å². The van der Waals surface area contributed by atoms with Gasteiger partial charge in [-0.25, -0.2) is 4.98 Å². The quantitative estimate of drug-likeness (QED) is 0.207. The summed E-state index contributed by atoms with van der Waals surface area (Å²) in [4.78, 5) is 91.4. The third-order valence-corrected chi connectivity index (χ3v) is 10.7. The van der Waals surface area contributed by atoms with Crippen molar-refractivity contribution in [2.75, 3.05) is 6.54 Å². The lowest BCUT2D eigenvalue weighted by Gasteiger charge is -2.38. The Morgan fingerprint density at radius 1 is 0.836 bits per heavy atom. The van der Waals surface area contributed by atoms with Crippen LogP contribution < -0.4 is 21.3 Å². The van der Waals surface area contributed by atoms with Gasteiger partial charge < -0.3 is 26.2 Å². The highest BCUT2D eigenvalue weighted by Crippen LogP contribution is 2.43. The van der Waals surface area contributed by atoms with E-state index in [4.69, 9.17) is 0 Å². The molecular weight excluding hydrogens is 759 g/mol. The van der Waals surface area contributed by atoms with Gasteiger partial charge in [0.2, 0.25) is 23.5 Å². The van der Waals surface area contributed by atoms with Crippen molar-refractivity contribution in [3.05, 3.63) is 24.3 Å². The third-order valence-electron chi connectivity index (χ3n) is 10.7. The Bertz CT molecular complexity index is 1410. The molecule has 4 aliphatic rings. The van der Waals surface area contributed by atoms with Crippen molar-refractivity contribution >= 4 is 75.8 Å². The SMILES string of the molecule is C.C.C.CCC[C@H](NC(=O)[C@H]1[C@H]2CCC[C@H]2CN1C(=O)[C@H](NC(=O)[C@@H](NC(=O)c1cnccn1)C1CCCCC1)C(C)(C)C)C(=O)C(=O)NC1CC1.S.S.S. The number of ketones is 1. The number of carbonyl (C=O) groups excluding carboxylic acids is 6. The summed E-state index contributed by atoms with van der Waals surface area (Å²) in [5, 5.41) is 11.5. The van der Waals surface area contributed by atoms with Crippen LogP contribution in [0, 0.1) is 23.2 Å². The summed E-state index contributed by atoms with van der Waals surface area (Å²) in [6.07, 6.45) is 13.9. The lowest BCUT2D eigenvalue weighted by molar-refractivity contribution is -0.146. The Kier molecular flexibility index (Phi) is 23.7. The maximum atomic E-state index is 14.6. The van der Waals surface area contributed by atoms with Gasteiger partial charge in [0, 0.05) is 25.0 Å². The van der Waals surface area contributed by atoms with Crippen LogP contribution in [-0.2, 0) is 24.0 Å². The van der Waals surface area contributed by atoms with E-state index in [1.807, 2.05) is 27.7 Å². The first-order valence-electron chi connectivity index (χ1n) is 18.2. The van der Waals surface area contributed by atoms with E-state index in [2.05, 4.69) is 31.2 Å². The number of Topliss-reactive ketones (excluding diaryl/α,β-unsaturated/α-hetero) is 1. The number of nitrogens with zero attached hydrogens (tertiary/aromatic N) is 3. The average Bonchev–Trinajstić information content (AvgIpc) is 3.65. The van der Waals surface area contributed by atoms with Crippen LogP contribution in [0.3, 0.4) is 0 Å².